The highest BCUT2D eigenvalue weighted by Crippen LogP contribution is 2.17. The third-order valence-electron chi connectivity index (χ3n) is 3.76. The van der Waals surface area contributed by atoms with Crippen LogP contribution >= 0.6 is 0 Å². The maximum absolute atomic E-state index is 12.4. The van der Waals surface area contributed by atoms with Crippen LogP contribution in [0.5, 0.6) is 5.75 Å². The number of amides is 1. The molecule has 0 bridgehead atoms. The van der Waals surface area contributed by atoms with E-state index in [0.29, 0.717) is 17.8 Å². The lowest BCUT2D eigenvalue weighted by Crippen LogP contribution is -2.26. The zero-order chi connectivity index (χ0) is 17.8. The first kappa shape index (κ1) is 16.3. The summed E-state index contributed by atoms with van der Waals surface area (Å²) >= 11 is 0. The summed E-state index contributed by atoms with van der Waals surface area (Å²) < 4.78 is 6.95. The predicted molar refractivity (Wildman–Crippen MR) is 91.4 cm³/mol. The number of ether oxygens (including phenoxy) is 1. The molecule has 1 N–H and O–H groups in total. The largest absolute Gasteiger partial charge is 0.497 e. The molecule has 0 unspecified atom stereocenters. The molecule has 7 heteroatoms. The van der Waals surface area contributed by atoms with Crippen LogP contribution in [0.1, 0.15) is 21.6 Å². The van der Waals surface area contributed by atoms with E-state index in [1.54, 1.807) is 36.0 Å². The summed E-state index contributed by atoms with van der Waals surface area (Å²) in [5, 5.41) is 13.2. The smallest absolute Gasteiger partial charge is 0.270 e. The summed E-state index contributed by atoms with van der Waals surface area (Å²) in [5.74, 6) is 0.567. The summed E-state index contributed by atoms with van der Waals surface area (Å²) in [6, 6.07) is 11.1. The number of aromatic nitrogens is 3. The number of nitrogens with zero attached hydrogens (tertiary/aromatic N) is 4. The molecule has 3 rings (SSSR count). The summed E-state index contributed by atoms with van der Waals surface area (Å²) in [7, 11) is 3.32. The van der Waals surface area contributed by atoms with E-state index in [1.807, 2.05) is 36.5 Å². The van der Waals surface area contributed by atoms with Crippen molar-refractivity contribution >= 4 is 5.91 Å². The number of methoxy groups -OCH3 is 1. The van der Waals surface area contributed by atoms with Gasteiger partial charge in [-0.05, 0) is 18.2 Å². The summed E-state index contributed by atoms with van der Waals surface area (Å²) in [6.07, 6.45) is 5.11. The van der Waals surface area contributed by atoms with Gasteiger partial charge in [0.25, 0.3) is 5.91 Å². The molecule has 0 saturated carbocycles. The van der Waals surface area contributed by atoms with Crippen molar-refractivity contribution in [2.75, 3.05) is 14.2 Å². The molecule has 0 atom stereocenters. The van der Waals surface area contributed by atoms with Gasteiger partial charge in [-0.25, -0.2) is 4.68 Å². The van der Waals surface area contributed by atoms with Crippen LogP contribution in [0.25, 0.3) is 5.69 Å². The second-order valence-electron chi connectivity index (χ2n) is 5.57. The first-order valence-electron chi connectivity index (χ1n) is 7.62. The Hall–Kier alpha value is -3.53. The van der Waals surface area contributed by atoms with Crippen molar-refractivity contribution < 1.29 is 9.53 Å². The second kappa shape index (κ2) is 6.93. The van der Waals surface area contributed by atoms with Crippen molar-refractivity contribution in [3.63, 3.8) is 0 Å². The van der Waals surface area contributed by atoms with Crippen LogP contribution < -0.4 is 4.74 Å². The Balaban J connectivity index is 1.72. The van der Waals surface area contributed by atoms with Crippen LogP contribution in [-0.2, 0) is 6.54 Å². The van der Waals surface area contributed by atoms with Gasteiger partial charge in [-0.15, -0.1) is 0 Å². The van der Waals surface area contributed by atoms with Gasteiger partial charge < -0.3 is 14.6 Å². The fraction of sp³-hybridized carbons (Fsp3) is 0.167. The van der Waals surface area contributed by atoms with Crippen molar-refractivity contribution in [2.45, 2.75) is 6.54 Å². The zero-order valence-corrected chi connectivity index (χ0v) is 13.9. The highest BCUT2D eigenvalue weighted by molar-refractivity contribution is 5.92. The minimum Gasteiger partial charge on any atom is -0.497 e. The molecule has 0 aliphatic rings. The first-order chi connectivity index (χ1) is 12.1. The Morgan fingerprint density at radius 3 is 3.00 bits per heavy atom. The monoisotopic (exact) mass is 335 g/mol. The molecule has 0 fully saturated rings. The van der Waals surface area contributed by atoms with E-state index in [9.17, 15) is 4.79 Å². The molecular weight excluding hydrogens is 318 g/mol. The fourth-order valence-corrected chi connectivity index (χ4v) is 2.47. The average molecular weight is 335 g/mol. The average Bonchev–Trinajstić information content (AvgIpc) is 3.30. The molecule has 0 radical (unpaired) electrons. The molecule has 7 nitrogen and oxygen atoms in total. The highest BCUT2D eigenvalue weighted by Gasteiger charge is 2.15. The Bertz CT molecular complexity index is 935. The summed E-state index contributed by atoms with van der Waals surface area (Å²) in [4.78, 5) is 16.8. The van der Waals surface area contributed by atoms with Crippen molar-refractivity contribution in [1.82, 2.24) is 19.7 Å². The molecule has 0 spiro atoms. The minimum atomic E-state index is -0.185. The Labute approximate surface area is 145 Å². The number of aromatic amines is 1. The molecule has 25 heavy (non-hydrogen) atoms. The van der Waals surface area contributed by atoms with E-state index in [-0.39, 0.29) is 5.91 Å². The molecule has 3 aromatic rings. The third kappa shape index (κ3) is 3.53. The topological polar surface area (TPSA) is 86.9 Å². The van der Waals surface area contributed by atoms with Gasteiger partial charge in [0.05, 0.1) is 24.6 Å². The fourth-order valence-electron chi connectivity index (χ4n) is 2.47. The molecule has 126 valence electrons. The molecule has 0 aliphatic heterocycles. The number of nitriles is 1. The van der Waals surface area contributed by atoms with Crippen LogP contribution in [0.4, 0.5) is 0 Å². The van der Waals surface area contributed by atoms with Gasteiger partial charge in [0.2, 0.25) is 0 Å². The third-order valence-corrected chi connectivity index (χ3v) is 3.76. The van der Waals surface area contributed by atoms with Gasteiger partial charge in [-0.3, -0.25) is 4.79 Å². The van der Waals surface area contributed by atoms with Crippen LogP contribution in [0.15, 0.2) is 48.9 Å². The van der Waals surface area contributed by atoms with Crippen LogP contribution in [0.2, 0.25) is 0 Å². The number of carbonyl (C=O) groups is 1. The van der Waals surface area contributed by atoms with E-state index in [0.717, 1.165) is 17.0 Å². The van der Waals surface area contributed by atoms with E-state index in [4.69, 9.17) is 10.00 Å². The lowest BCUT2D eigenvalue weighted by molar-refractivity contribution is 0.0780. The van der Waals surface area contributed by atoms with E-state index in [1.165, 1.54) is 6.20 Å². The van der Waals surface area contributed by atoms with E-state index in [2.05, 4.69) is 10.1 Å². The lowest BCUT2D eigenvalue weighted by Gasteiger charge is -2.15. The summed E-state index contributed by atoms with van der Waals surface area (Å²) in [6.45, 7) is 0.406. The SMILES string of the molecule is COc1cccc(-n2cc(CN(C)C(=O)c3cc(C#N)c[nH]3)cn2)c1. The first-order valence-corrected chi connectivity index (χ1v) is 7.62. The van der Waals surface area contributed by atoms with Gasteiger partial charge >= 0.3 is 0 Å². The quantitative estimate of drug-likeness (QED) is 0.775. The maximum atomic E-state index is 12.4. The molecule has 2 heterocycles. The lowest BCUT2D eigenvalue weighted by atomic mass is 10.3. The van der Waals surface area contributed by atoms with Gasteiger partial charge in [0.1, 0.15) is 17.5 Å². The predicted octanol–water partition coefficient (Wildman–Crippen LogP) is 2.35. The van der Waals surface area contributed by atoms with E-state index < -0.39 is 0 Å². The molecule has 1 amide bonds. The Kier molecular flexibility index (Phi) is 4.53. The Morgan fingerprint density at radius 1 is 1.44 bits per heavy atom. The number of hydrogen-bond donors (Lipinski definition) is 1. The van der Waals surface area contributed by atoms with Crippen molar-refractivity contribution in [3.8, 4) is 17.5 Å². The maximum Gasteiger partial charge on any atom is 0.270 e. The highest BCUT2D eigenvalue weighted by atomic mass is 16.5. The van der Waals surface area contributed by atoms with Crippen LogP contribution in [-0.4, -0.2) is 39.7 Å². The van der Waals surface area contributed by atoms with Gasteiger partial charge in [-0.2, -0.15) is 10.4 Å². The van der Waals surface area contributed by atoms with Crippen LogP contribution in [0.3, 0.4) is 0 Å². The number of benzene rings is 1. The van der Waals surface area contributed by atoms with E-state index >= 15 is 0 Å². The van der Waals surface area contributed by atoms with Gasteiger partial charge in [0.15, 0.2) is 0 Å². The molecule has 1 aromatic carbocycles. The number of carbonyl (C=O) groups excluding carboxylic acids is 1. The summed E-state index contributed by atoms with van der Waals surface area (Å²) in [5.41, 5.74) is 2.59. The number of rotatable bonds is 5. The number of nitrogens with one attached hydrogen (secondary N) is 1. The molecular formula is C18H17N5O2. The molecule has 0 saturated heterocycles. The van der Waals surface area contributed by atoms with Crippen molar-refractivity contribution in [2.24, 2.45) is 0 Å². The van der Waals surface area contributed by atoms with Crippen molar-refractivity contribution in [3.05, 3.63) is 65.7 Å². The zero-order valence-electron chi connectivity index (χ0n) is 13.9. The number of hydrogen-bond acceptors (Lipinski definition) is 4. The normalized spacial score (nSPS) is 10.3. The molecule has 0 aliphatic carbocycles. The Morgan fingerprint density at radius 2 is 2.28 bits per heavy atom. The van der Waals surface area contributed by atoms with Gasteiger partial charge in [-0.1, -0.05) is 6.07 Å². The standard InChI is InChI=1S/C18H17N5O2/c1-22(18(24)17-6-13(8-19)9-20-17)11-14-10-21-23(12-14)15-4-3-5-16(7-15)25-2/h3-7,9-10,12,20H,11H2,1-2H3. The second-order valence-corrected chi connectivity index (χ2v) is 5.57. The van der Waals surface area contributed by atoms with Crippen LogP contribution in [0, 0.1) is 11.3 Å². The molecule has 2 aromatic heterocycles. The van der Waals surface area contributed by atoms with Crippen molar-refractivity contribution in [1.29, 1.82) is 5.26 Å². The minimum absolute atomic E-state index is 0.185. The number of H-pyrrole nitrogens is 1. The van der Waals surface area contributed by atoms with Gasteiger partial charge in [0, 0.05) is 37.6 Å².